The average molecular weight is 271 g/mol. The van der Waals surface area contributed by atoms with Crippen molar-refractivity contribution in [2.24, 2.45) is 0 Å². The number of nitrogens with one attached hydrogen (secondary N) is 1. The van der Waals surface area contributed by atoms with E-state index in [-0.39, 0.29) is 6.04 Å². The van der Waals surface area contributed by atoms with Gasteiger partial charge < -0.3 is 5.32 Å². The standard InChI is InChI=1S/C15H17N3S/c1-3-15-18-14(10-19-15)9-17-11(2)13-6-4-12(8-16)5-7-13/h4-7,10-11,17H,3,9H2,1-2H3. The average Bonchev–Trinajstić information content (AvgIpc) is 2.93. The van der Waals surface area contributed by atoms with Crippen molar-refractivity contribution < 1.29 is 0 Å². The van der Waals surface area contributed by atoms with Crippen molar-refractivity contribution in [1.82, 2.24) is 10.3 Å². The summed E-state index contributed by atoms with van der Waals surface area (Å²) in [5, 5.41) is 15.5. The van der Waals surface area contributed by atoms with Gasteiger partial charge in [0.2, 0.25) is 0 Å². The third-order valence-electron chi connectivity index (χ3n) is 3.03. The number of nitrogens with zero attached hydrogens (tertiary/aromatic N) is 2. The van der Waals surface area contributed by atoms with E-state index in [1.54, 1.807) is 11.3 Å². The van der Waals surface area contributed by atoms with Gasteiger partial charge in [-0.05, 0) is 31.0 Å². The summed E-state index contributed by atoms with van der Waals surface area (Å²) in [6, 6.07) is 10.1. The molecular weight excluding hydrogens is 254 g/mol. The van der Waals surface area contributed by atoms with Crippen LogP contribution in [0.5, 0.6) is 0 Å². The minimum absolute atomic E-state index is 0.250. The van der Waals surface area contributed by atoms with E-state index in [0.29, 0.717) is 5.56 Å². The molecule has 3 nitrogen and oxygen atoms in total. The summed E-state index contributed by atoms with van der Waals surface area (Å²) in [5.41, 5.74) is 2.98. The molecular formula is C15H17N3S. The van der Waals surface area contributed by atoms with Gasteiger partial charge in [-0.2, -0.15) is 5.26 Å². The molecule has 4 heteroatoms. The molecule has 1 N–H and O–H groups in total. The molecule has 1 heterocycles. The predicted molar refractivity (Wildman–Crippen MR) is 77.9 cm³/mol. The van der Waals surface area contributed by atoms with Crippen molar-refractivity contribution in [3.63, 3.8) is 0 Å². The largest absolute Gasteiger partial charge is 0.305 e. The van der Waals surface area contributed by atoms with E-state index in [9.17, 15) is 0 Å². The van der Waals surface area contributed by atoms with Crippen LogP contribution in [0.2, 0.25) is 0 Å². The topological polar surface area (TPSA) is 48.7 Å². The van der Waals surface area contributed by atoms with Gasteiger partial charge in [0.1, 0.15) is 0 Å². The van der Waals surface area contributed by atoms with Gasteiger partial charge in [0.15, 0.2) is 0 Å². The Morgan fingerprint density at radius 2 is 2.11 bits per heavy atom. The molecule has 0 amide bonds. The molecule has 19 heavy (non-hydrogen) atoms. The van der Waals surface area contributed by atoms with E-state index in [1.165, 1.54) is 10.6 Å². The van der Waals surface area contributed by atoms with Gasteiger partial charge in [-0.15, -0.1) is 11.3 Å². The number of thiazole rings is 1. The van der Waals surface area contributed by atoms with Crippen molar-refractivity contribution in [1.29, 1.82) is 5.26 Å². The van der Waals surface area contributed by atoms with E-state index in [0.717, 1.165) is 18.7 Å². The Kier molecular flexibility index (Phi) is 4.67. The van der Waals surface area contributed by atoms with Crippen molar-refractivity contribution >= 4 is 11.3 Å². The molecule has 0 saturated heterocycles. The first-order chi connectivity index (χ1) is 9.22. The number of benzene rings is 1. The predicted octanol–water partition coefficient (Wildman–Crippen LogP) is 3.43. The normalized spacial score (nSPS) is 12.1. The molecule has 2 aromatic rings. The van der Waals surface area contributed by atoms with Gasteiger partial charge in [0, 0.05) is 18.0 Å². The quantitative estimate of drug-likeness (QED) is 0.906. The number of rotatable bonds is 5. The number of hydrogen-bond acceptors (Lipinski definition) is 4. The summed E-state index contributed by atoms with van der Waals surface area (Å²) in [6.45, 7) is 5.02. The van der Waals surface area contributed by atoms with E-state index < -0.39 is 0 Å². The van der Waals surface area contributed by atoms with Crippen LogP contribution in [0.25, 0.3) is 0 Å². The van der Waals surface area contributed by atoms with Crippen LogP contribution in [-0.2, 0) is 13.0 Å². The van der Waals surface area contributed by atoms with Crippen molar-refractivity contribution in [2.45, 2.75) is 32.9 Å². The van der Waals surface area contributed by atoms with E-state index in [1.807, 2.05) is 24.3 Å². The zero-order valence-corrected chi connectivity index (χ0v) is 12.0. The third kappa shape index (κ3) is 3.63. The third-order valence-corrected chi connectivity index (χ3v) is 4.07. The molecule has 1 aromatic heterocycles. The second kappa shape index (κ2) is 6.46. The first-order valence-electron chi connectivity index (χ1n) is 6.39. The summed E-state index contributed by atoms with van der Waals surface area (Å²) in [5.74, 6) is 0. The molecule has 0 spiro atoms. The number of nitriles is 1. The Balaban J connectivity index is 1.93. The molecule has 0 fully saturated rings. The molecule has 2 rings (SSSR count). The highest BCUT2D eigenvalue weighted by molar-refractivity contribution is 7.09. The lowest BCUT2D eigenvalue weighted by Gasteiger charge is -2.13. The second-order valence-corrected chi connectivity index (χ2v) is 5.37. The number of aromatic nitrogens is 1. The van der Waals surface area contributed by atoms with E-state index in [2.05, 4.69) is 35.6 Å². The van der Waals surface area contributed by atoms with Gasteiger partial charge in [-0.1, -0.05) is 19.1 Å². The van der Waals surface area contributed by atoms with Crippen molar-refractivity contribution in [2.75, 3.05) is 0 Å². The van der Waals surface area contributed by atoms with Crippen LogP contribution in [0.4, 0.5) is 0 Å². The Bertz CT molecular complexity index is 566. The monoisotopic (exact) mass is 271 g/mol. The van der Waals surface area contributed by atoms with Crippen molar-refractivity contribution in [3.05, 3.63) is 51.5 Å². The second-order valence-electron chi connectivity index (χ2n) is 4.42. The van der Waals surface area contributed by atoms with E-state index >= 15 is 0 Å². The molecule has 1 aromatic carbocycles. The summed E-state index contributed by atoms with van der Waals surface area (Å²) < 4.78 is 0. The van der Waals surface area contributed by atoms with Gasteiger partial charge in [-0.25, -0.2) is 4.98 Å². The molecule has 0 saturated carbocycles. The lowest BCUT2D eigenvalue weighted by atomic mass is 10.1. The zero-order chi connectivity index (χ0) is 13.7. The lowest BCUT2D eigenvalue weighted by molar-refractivity contribution is 0.568. The highest BCUT2D eigenvalue weighted by Crippen LogP contribution is 2.15. The Morgan fingerprint density at radius 1 is 1.37 bits per heavy atom. The molecule has 0 bridgehead atoms. The van der Waals surface area contributed by atoms with Crippen LogP contribution in [0.3, 0.4) is 0 Å². The first-order valence-corrected chi connectivity index (χ1v) is 7.27. The van der Waals surface area contributed by atoms with Crippen LogP contribution >= 0.6 is 11.3 Å². The summed E-state index contributed by atoms with van der Waals surface area (Å²) >= 11 is 1.71. The van der Waals surface area contributed by atoms with Crippen LogP contribution in [0.1, 0.15) is 41.7 Å². The molecule has 0 aliphatic carbocycles. The Labute approximate surface area is 117 Å². The zero-order valence-electron chi connectivity index (χ0n) is 11.2. The minimum Gasteiger partial charge on any atom is -0.305 e. The minimum atomic E-state index is 0.250. The van der Waals surface area contributed by atoms with Crippen LogP contribution in [-0.4, -0.2) is 4.98 Å². The highest BCUT2D eigenvalue weighted by atomic mass is 32.1. The molecule has 0 aliphatic heterocycles. The molecule has 0 aliphatic rings. The van der Waals surface area contributed by atoms with E-state index in [4.69, 9.17) is 5.26 Å². The maximum atomic E-state index is 8.77. The van der Waals surface area contributed by atoms with Crippen LogP contribution < -0.4 is 5.32 Å². The lowest BCUT2D eigenvalue weighted by Crippen LogP contribution is -2.18. The smallest absolute Gasteiger partial charge is 0.0991 e. The molecule has 98 valence electrons. The summed E-state index contributed by atoms with van der Waals surface area (Å²) in [4.78, 5) is 4.53. The van der Waals surface area contributed by atoms with Crippen LogP contribution in [0, 0.1) is 11.3 Å². The number of hydrogen-bond donors (Lipinski definition) is 1. The summed E-state index contributed by atoms with van der Waals surface area (Å²) in [6.07, 6.45) is 0.996. The van der Waals surface area contributed by atoms with Gasteiger partial charge in [0.25, 0.3) is 0 Å². The highest BCUT2D eigenvalue weighted by Gasteiger charge is 2.06. The maximum absolute atomic E-state index is 8.77. The fourth-order valence-corrected chi connectivity index (χ4v) is 2.56. The first kappa shape index (κ1) is 13.7. The molecule has 1 atom stereocenters. The van der Waals surface area contributed by atoms with Gasteiger partial charge in [-0.3, -0.25) is 0 Å². The molecule has 1 unspecified atom stereocenters. The fraction of sp³-hybridized carbons (Fsp3) is 0.333. The van der Waals surface area contributed by atoms with Gasteiger partial charge >= 0.3 is 0 Å². The van der Waals surface area contributed by atoms with Crippen LogP contribution in [0.15, 0.2) is 29.6 Å². The Morgan fingerprint density at radius 3 is 2.68 bits per heavy atom. The Hall–Kier alpha value is -1.70. The number of aryl methyl sites for hydroxylation is 1. The maximum Gasteiger partial charge on any atom is 0.0991 e. The molecule has 0 radical (unpaired) electrons. The van der Waals surface area contributed by atoms with Gasteiger partial charge in [0.05, 0.1) is 22.3 Å². The van der Waals surface area contributed by atoms with Crippen molar-refractivity contribution in [3.8, 4) is 6.07 Å². The summed E-state index contributed by atoms with van der Waals surface area (Å²) in [7, 11) is 0. The fourth-order valence-electron chi connectivity index (χ4n) is 1.81. The SMILES string of the molecule is CCc1nc(CNC(C)c2ccc(C#N)cc2)cs1.